The highest BCUT2D eigenvalue weighted by Crippen LogP contribution is 2.23. The lowest BCUT2D eigenvalue weighted by Gasteiger charge is -2.33. The van der Waals surface area contributed by atoms with Gasteiger partial charge in [0.25, 0.3) is 0 Å². The summed E-state index contributed by atoms with van der Waals surface area (Å²) in [5.74, 6) is 0.782. The first-order chi connectivity index (χ1) is 11.5. The van der Waals surface area contributed by atoms with Crippen LogP contribution in [0.4, 0.5) is 0 Å². The van der Waals surface area contributed by atoms with Crippen molar-refractivity contribution >= 4 is 17.2 Å². The van der Waals surface area contributed by atoms with Gasteiger partial charge in [0.05, 0.1) is 17.1 Å². The fourth-order valence-corrected chi connectivity index (χ4v) is 4.33. The zero-order valence-corrected chi connectivity index (χ0v) is 15.5. The molecule has 0 unspecified atom stereocenters. The predicted molar refractivity (Wildman–Crippen MR) is 97.3 cm³/mol. The van der Waals surface area contributed by atoms with Crippen LogP contribution in [0, 0.1) is 26.7 Å². The van der Waals surface area contributed by atoms with Gasteiger partial charge in [-0.25, -0.2) is 4.98 Å². The van der Waals surface area contributed by atoms with E-state index in [4.69, 9.17) is 0 Å². The maximum atomic E-state index is 12.7. The smallest absolute Gasteiger partial charge is 0.227 e. The van der Waals surface area contributed by atoms with Crippen LogP contribution in [-0.2, 0) is 17.6 Å². The summed E-state index contributed by atoms with van der Waals surface area (Å²) in [6.45, 7) is 7.75. The number of hydrogen-bond donors (Lipinski definition) is 0. The van der Waals surface area contributed by atoms with Crippen LogP contribution in [0.3, 0.4) is 0 Å². The average Bonchev–Trinajstić information content (AvgIpc) is 2.87. The Morgan fingerprint density at radius 3 is 2.83 bits per heavy atom. The number of thiazole rings is 1. The summed E-state index contributed by atoms with van der Waals surface area (Å²) in [5.41, 5.74) is 3.33. The summed E-state index contributed by atoms with van der Waals surface area (Å²) >= 11 is 1.64. The minimum Gasteiger partial charge on any atom is -0.342 e. The van der Waals surface area contributed by atoms with Gasteiger partial charge in [0.1, 0.15) is 0 Å². The van der Waals surface area contributed by atoms with Crippen LogP contribution in [0.1, 0.15) is 39.7 Å². The number of hydrogen-bond acceptors (Lipinski definition) is 4. The van der Waals surface area contributed by atoms with E-state index < -0.39 is 0 Å². The van der Waals surface area contributed by atoms with E-state index >= 15 is 0 Å². The van der Waals surface area contributed by atoms with Gasteiger partial charge in [-0.3, -0.25) is 9.78 Å². The topological polar surface area (TPSA) is 46.1 Å². The number of pyridine rings is 1. The van der Waals surface area contributed by atoms with Crippen LogP contribution in [0.2, 0.25) is 0 Å². The molecule has 3 rings (SSSR count). The van der Waals surface area contributed by atoms with Gasteiger partial charge in [-0.2, -0.15) is 0 Å². The molecule has 2 aromatic heterocycles. The zero-order valence-electron chi connectivity index (χ0n) is 14.7. The molecule has 1 atom stereocenters. The van der Waals surface area contributed by atoms with Crippen molar-refractivity contribution in [3.05, 3.63) is 45.2 Å². The van der Waals surface area contributed by atoms with E-state index in [1.54, 1.807) is 11.3 Å². The molecule has 5 heteroatoms. The second-order valence-corrected chi connectivity index (χ2v) is 8.07. The number of likely N-dealkylation sites (tertiary alicyclic amines) is 1. The van der Waals surface area contributed by atoms with Crippen molar-refractivity contribution in [1.29, 1.82) is 0 Å². The molecule has 1 fully saturated rings. The van der Waals surface area contributed by atoms with Gasteiger partial charge in [0.15, 0.2) is 0 Å². The van der Waals surface area contributed by atoms with Crippen LogP contribution in [-0.4, -0.2) is 33.9 Å². The van der Waals surface area contributed by atoms with E-state index in [2.05, 4.69) is 22.1 Å². The average molecular weight is 343 g/mol. The number of nitrogens with zero attached hydrogens (tertiary/aromatic N) is 3. The molecule has 0 aliphatic carbocycles. The Hall–Kier alpha value is -1.75. The van der Waals surface area contributed by atoms with Gasteiger partial charge >= 0.3 is 0 Å². The van der Waals surface area contributed by atoms with Gasteiger partial charge in [-0.1, -0.05) is 6.07 Å². The first-order valence-electron chi connectivity index (χ1n) is 8.63. The maximum Gasteiger partial charge on any atom is 0.227 e. The number of aromatic nitrogens is 2. The van der Waals surface area contributed by atoms with E-state index in [1.165, 1.54) is 12.0 Å². The third-order valence-electron chi connectivity index (χ3n) is 4.68. The van der Waals surface area contributed by atoms with Crippen LogP contribution in [0.5, 0.6) is 0 Å². The van der Waals surface area contributed by atoms with Crippen molar-refractivity contribution in [1.82, 2.24) is 14.9 Å². The number of carbonyl (C=O) groups excluding carboxylic acids is 1. The number of carbonyl (C=O) groups is 1. The van der Waals surface area contributed by atoms with Crippen molar-refractivity contribution < 1.29 is 4.79 Å². The summed E-state index contributed by atoms with van der Waals surface area (Å²) in [5, 5.41) is 1.04. The summed E-state index contributed by atoms with van der Waals surface area (Å²) in [6.07, 6.45) is 5.76. The highest BCUT2D eigenvalue weighted by atomic mass is 32.1. The Bertz CT molecular complexity index is 708. The number of aryl methyl sites for hydroxylation is 3. The van der Waals surface area contributed by atoms with E-state index in [0.717, 1.165) is 47.2 Å². The van der Waals surface area contributed by atoms with Crippen LogP contribution < -0.4 is 0 Å². The van der Waals surface area contributed by atoms with Crippen molar-refractivity contribution in [2.45, 2.75) is 46.5 Å². The van der Waals surface area contributed by atoms with Crippen molar-refractivity contribution in [3.63, 3.8) is 0 Å². The molecule has 24 heavy (non-hydrogen) atoms. The normalized spacial score (nSPS) is 18.0. The first kappa shape index (κ1) is 17.1. The summed E-state index contributed by atoms with van der Waals surface area (Å²) in [4.78, 5) is 24.6. The van der Waals surface area contributed by atoms with Crippen LogP contribution >= 0.6 is 11.3 Å². The van der Waals surface area contributed by atoms with Crippen molar-refractivity contribution in [2.24, 2.45) is 5.92 Å². The molecule has 0 aromatic carbocycles. The molecule has 2 aromatic rings. The fraction of sp³-hybridized carbons (Fsp3) is 0.526. The quantitative estimate of drug-likeness (QED) is 0.854. The Morgan fingerprint density at radius 2 is 2.17 bits per heavy atom. The molecule has 0 saturated carbocycles. The molecule has 0 radical (unpaired) electrons. The molecule has 0 spiro atoms. The Morgan fingerprint density at radius 1 is 1.33 bits per heavy atom. The summed E-state index contributed by atoms with van der Waals surface area (Å²) < 4.78 is 0. The number of rotatable bonds is 4. The Kier molecular flexibility index (Phi) is 5.29. The molecular weight excluding hydrogens is 318 g/mol. The third-order valence-corrected chi connectivity index (χ3v) is 5.75. The third kappa shape index (κ3) is 4.20. The summed E-state index contributed by atoms with van der Waals surface area (Å²) in [6, 6.07) is 4.22. The standard InChI is InChI=1S/C19H25N3OS/c1-13-6-7-16(11-20-13)9-17-5-4-8-22(12-17)19(23)10-18-14(2)21-15(3)24-18/h6-7,11,17H,4-5,8-10,12H2,1-3H3/t17-/m1/s1. The van der Waals surface area contributed by atoms with Gasteiger partial charge in [0.2, 0.25) is 5.91 Å². The largest absolute Gasteiger partial charge is 0.342 e. The highest BCUT2D eigenvalue weighted by Gasteiger charge is 2.24. The van der Waals surface area contributed by atoms with E-state index in [-0.39, 0.29) is 5.91 Å². The van der Waals surface area contributed by atoms with Crippen molar-refractivity contribution in [3.8, 4) is 0 Å². The molecule has 0 N–H and O–H groups in total. The maximum absolute atomic E-state index is 12.7. The first-order valence-corrected chi connectivity index (χ1v) is 9.45. The summed E-state index contributed by atoms with van der Waals surface area (Å²) in [7, 11) is 0. The number of amides is 1. The molecule has 4 nitrogen and oxygen atoms in total. The Labute approximate surface area is 147 Å². The molecule has 1 aliphatic rings. The highest BCUT2D eigenvalue weighted by molar-refractivity contribution is 7.11. The lowest BCUT2D eigenvalue weighted by molar-refractivity contribution is -0.132. The van der Waals surface area contributed by atoms with E-state index in [9.17, 15) is 4.79 Å². The molecule has 3 heterocycles. The van der Waals surface area contributed by atoms with Gasteiger partial charge in [0, 0.05) is 29.9 Å². The Balaban J connectivity index is 1.59. The van der Waals surface area contributed by atoms with Crippen LogP contribution in [0.25, 0.3) is 0 Å². The predicted octanol–water partition coefficient (Wildman–Crippen LogP) is 3.49. The zero-order chi connectivity index (χ0) is 17.1. The molecule has 1 amide bonds. The molecule has 1 saturated heterocycles. The molecule has 1 aliphatic heterocycles. The van der Waals surface area contributed by atoms with E-state index in [1.807, 2.05) is 31.9 Å². The van der Waals surface area contributed by atoms with Crippen molar-refractivity contribution in [2.75, 3.05) is 13.1 Å². The molecule has 128 valence electrons. The molecular formula is C19H25N3OS. The minimum absolute atomic E-state index is 0.244. The van der Waals surface area contributed by atoms with Gasteiger partial charge < -0.3 is 4.90 Å². The second kappa shape index (κ2) is 7.43. The monoisotopic (exact) mass is 343 g/mol. The van der Waals surface area contributed by atoms with Crippen LogP contribution in [0.15, 0.2) is 18.3 Å². The molecule has 0 bridgehead atoms. The lowest BCUT2D eigenvalue weighted by Crippen LogP contribution is -2.41. The van der Waals surface area contributed by atoms with Gasteiger partial charge in [-0.05, 0) is 57.6 Å². The lowest BCUT2D eigenvalue weighted by atomic mass is 9.91. The van der Waals surface area contributed by atoms with Gasteiger partial charge in [-0.15, -0.1) is 11.3 Å². The SMILES string of the molecule is Cc1ccc(C[C@H]2CCCN(C(=O)Cc3sc(C)nc3C)C2)cn1. The minimum atomic E-state index is 0.244. The fourth-order valence-electron chi connectivity index (χ4n) is 3.40. The second-order valence-electron chi connectivity index (χ2n) is 6.78. The number of piperidine rings is 1. The van der Waals surface area contributed by atoms with E-state index in [0.29, 0.717) is 12.3 Å².